The molecule has 78 valence electrons. The molecule has 0 spiro atoms. The molecule has 1 aliphatic rings. The Kier molecular flexibility index (Phi) is 2.30. The van der Waals surface area contributed by atoms with Gasteiger partial charge in [0.15, 0.2) is 0 Å². The van der Waals surface area contributed by atoms with Gasteiger partial charge in [0, 0.05) is 18.0 Å². The van der Waals surface area contributed by atoms with Crippen LogP contribution in [0.25, 0.3) is 0 Å². The Morgan fingerprint density at radius 3 is 2.73 bits per heavy atom. The third-order valence-corrected chi connectivity index (χ3v) is 2.97. The van der Waals surface area contributed by atoms with E-state index in [-0.39, 0.29) is 5.56 Å². The molecule has 2 amide bonds. The molecule has 15 heavy (non-hydrogen) atoms. The first-order chi connectivity index (χ1) is 7.05. The van der Waals surface area contributed by atoms with Crippen molar-refractivity contribution in [3.05, 3.63) is 30.1 Å². The van der Waals surface area contributed by atoms with Gasteiger partial charge >= 0.3 is 0 Å². The van der Waals surface area contributed by atoms with E-state index in [2.05, 4.69) is 21.1 Å². The first-order valence-corrected chi connectivity index (χ1v) is 4.89. The number of hydrogen-bond donors (Lipinski definition) is 0. The molecule has 2 heterocycles. The molecule has 1 atom stereocenters. The fourth-order valence-corrected chi connectivity index (χ4v) is 1.85. The zero-order valence-corrected chi connectivity index (χ0v) is 9.07. The zero-order chi connectivity index (χ0) is 11.1. The van der Waals surface area contributed by atoms with Gasteiger partial charge in [-0.1, -0.05) is 6.07 Å². The van der Waals surface area contributed by atoms with Gasteiger partial charge < -0.3 is 0 Å². The number of alkyl halides is 1. The summed E-state index contributed by atoms with van der Waals surface area (Å²) in [4.78, 5) is 26.4. The van der Waals surface area contributed by atoms with Crippen LogP contribution in [0.3, 0.4) is 0 Å². The molecule has 4 nitrogen and oxygen atoms in total. The lowest BCUT2D eigenvalue weighted by Gasteiger charge is -2.15. The van der Waals surface area contributed by atoms with Gasteiger partial charge in [-0.3, -0.25) is 14.6 Å². The van der Waals surface area contributed by atoms with Crippen molar-refractivity contribution in [2.24, 2.45) is 0 Å². The molecule has 2 rings (SSSR count). The summed E-state index contributed by atoms with van der Waals surface area (Å²) < 4.78 is 14.9. The number of rotatable bonds is 1. The van der Waals surface area contributed by atoms with Crippen molar-refractivity contribution in [1.29, 1.82) is 0 Å². The van der Waals surface area contributed by atoms with Gasteiger partial charge in [-0.25, -0.2) is 8.32 Å². The number of amides is 2. The molecule has 1 aromatic heterocycles. The first kappa shape index (κ1) is 10.2. The van der Waals surface area contributed by atoms with Crippen molar-refractivity contribution in [2.45, 2.75) is 12.1 Å². The Labute approximate surface area is 93.4 Å². The fourth-order valence-electron chi connectivity index (χ4n) is 1.44. The number of carbonyl (C=O) groups is 2. The van der Waals surface area contributed by atoms with E-state index in [1.807, 2.05) is 0 Å². The van der Waals surface area contributed by atoms with E-state index >= 15 is 0 Å². The SMILES string of the molecule is O=C1CC(F)(c2cccnc2)C(=O)N1Br. The lowest BCUT2D eigenvalue weighted by molar-refractivity contribution is -0.135. The van der Waals surface area contributed by atoms with Crippen LogP contribution in [0.15, 0.2) is 24.5 Å². The largest absolute Gasteiger partial charge is 0.282 e. The molecular formula is C9H6BrFN2O2. The van der Waals surface area contributed by atoms with Crippen molar-refractivity contribution < 1.29 is 14.0 Å². The summed E-state index contributed by atoms with van der Waals surface area (Å²) in [7, 11) is 0. The van der Waals surface area contributed by atoms with E-state index in [9.17, 15) is 14.0 Å². The average Bonchev–Trinajstić information content (AvgIpc) is 2.45. The summed E-state index contributed by atoms with van der Waals surface area (Å²) in [5, 5.41) is 0. The Balaban J connectivity index is 2.45. The van der Waals surface area contributed by atoms with E-state index in [0.29, 0.717) is 3.93 Å². The molecule has 0 radical (unpaired) electrons. The minimum atomic E-state index is -2.28. The summed E-state index contributed by atoms with van der Waals surface area (Å²) >= 11 is 2.72. The van der Waals surface area contributed by atoms with Crippen molar-refractivity contribution >= 4 is 28.0 Å². The van der Waals surface area contributed by atoms with Gasteiger partial charge in [-0.15, -0.1) is 0 Å². The van der Waals surface area contributed by atoms with Crippen molar-refractivity contribution in [3.63, 3.8) is 0 Å². The van der Waals surface area contributed by atoms with Crippen molar-refractivity contribution in [1.82, 2.24) is 8.91 Å². The van der Waals surface area contributed by atoms with Gasteiger partial charge in [-0.2, -0.15) is 0 Å². The summed E-state index contributed by atoms with van der Waals surface area (Å²) in [6.45, 7) is 0. The third-order valence-electron chi connectivity index (χ3n) is 2.25. The molecule has 1 aliphatic heterocycles. The molecule has 6 heteroatoms. The highest BCUT2D eigenvalue weighted by Crippen LogP contribution is 2.38. The molecule has 0 saturated carbocycles. The molecule has 0 aromatic carbocycles. The molecule has 0 bridgehead atoms. The fraction of sp³-hybridized carbons (Fsp3) is 0.222. The number of hydrogen-bond acceptors (Lipinski definition) is 3. The minimum absolute atomic E-state index is 0.102. The smallest absolute Gasteiger partial charge is 0.273 e. The highest BCUT2D eigenvalue weighted by molar-refractivity contribution is 9.08. The van der Waals surface area contributed by atoms with Crippen LogP contribution in [-0.4, -0.2) is 20.7 Å². The molecule has 0 aliphatic carbocycles. The molecule has 1 fully saturated rings. The molecule has 1 unspecified atom stereocenters. The van der Waals surface area contributed by atoms with E-state index in [4.69, 9.17) is 0 Å². The van der Waals surface area contributed by atoms with Crippen LogP contribution in [0, 0.1) is 0 Å². The molecule has 1 aromatic rings. The van der Waals surface area contributed by atoms with Gasteiger partial charge in [-0.05, 0) is 6.07 Å². The summed E-state index contributed by atoms with van der Waals surface area (Å²) in [5.74, 6) is -1.49. The van der Waals surface area contributed by atoms with Crippen LogP contribution in [0.1, 0.15) is 12.0 Å². The second-order valence-corrected chi connectivity index (χ2v) is 3.91. The van der Waals surface area contributed by atoms with Crippen LogP contribution >= 0.6 is 16.1 Å². The minimum Gasteiger partial charge on any atom is -0.273 e. The second-order valence-electron chi connectivity index (χ2n) is 3.20. The van der Waals surface area contributed by atoms with Crippen LogP contribution in [0.5, 0.6) is 0 Å². The predicted molar refractivity (Wildman–Crippen MR) is 52.4 cm³/mol. The Bertz CT molecular complexity index is 425. The number of imide groups is 1. The lowest BCUT2D eigenvalue weighted by Crippen LogP contribution is -2.30. The molecule has 1 saturated heterocycles. The first-order valence-electron chi connectivity index (χ1n) is 4.18. The number of nitrogens with zero attached hydrogens (tertiary/aromatic N) is 2. The topological polar surface area (TPSA) is 50.3 Å². The standard InChI is InChI=1S/C9H6BrFN2O2/c10-13-7(14)4-9(11,8(13)15)6-2-1-3-12-5-6/h1-3,5H,4H2. The monoisotopic (exact) mass is 272 g/mol. The van der Waals surface area contributed by atoms with E-state index in [1.165, 1.54) is 24.5 Å². The van der Waals surface area contributed by atoms with E-state index in [0.717, 1.165) is 0 Å². The third kappa shape index (κ3) is 1.45. The Morgan fingerprint density at radius 2 is 2.27 bits per heavy atom. The van der Waals surface area contributed by atoms with Crippen LogP contribution in [-0.2, 0) is 15.3 Å². The quantitative estimate of drug-likeness (QED) is 0.572. The average molecular weight is 273 g/mol. The highest BCUT2D eigenvalue weighted by Gasteiger charge is 2.53. The van der Waals surface area contributed by atoms with Gasteiger partial charge in [0.1, 0.15) is 0 Å². The van der Waals surface area contributed by atoms with Gasteiger partial charge in [0.2, 0.25) is 11.6 Å². The highest BCUT2D eigenvalue weighted by atomic mass is 79.9. The number of halogens is 2. The van der Waals surface area contributed by atoms with Crippen LogP contribution in [0.2, 0.25) is 0 Å². The zero-order valence-electron chi connectivity index (χ0n) is 7.48. The van der Waals surface area contributed by atoms with Crippen LogP contribution in [0.4, 0.5) is 4.39 Å². The van der Waals surface area contributed by atoms with Gasteiger partial charge in [0.25, 0.3) is 5.91 Å². The molecular weight excluding hydrogens is 267 g/mol. The maximum absolute atomic E-state index is 14.3. The summed E-state index contributed by atoms with van der Waals surface area (Å²) in [6.07, 6.45) is 2.24. The lowest BCUT2D eigenvalue weighted by atomic mass is 9.96. The predicted octanol–water partition coefficient (Wildman–Crippen LogP) is 1.32. The molecule has 0 N–H and O–H groups in total. The number of pyridine rings is 1. The van der Waals surface area contributed by atoms with Gasteiger partial charge in [0.05, 0.1) is 22.6 Å². The van der Waals surface area contributed by atoms with Crippen molar-refractivity contribution in [3.8, 4) is 0 Å². The number of aromatic nitrogens is 1. The summed E-state index contributed by atoms with van der Waals surface area (Å²) in [6, 6.07) is 2.95. The van der Waals surface area contributed by atoms with Crippen molar-refractivity contribution in [2.75, 3.05) is 0 Å². The number of carbonyl (C=O) groups excluding carboxylic acids is 2. The second kappa shape index (κ2) is 3.37. The maximum Gasteiger partial charge on any atom is 0.282 e. The summed E-state index contributed by atoms with van der Waals surface area (Å²) in [5.41, 5.74) is -2.18. The Morgan fingerprint density at radius 1 is 1.53 bits per heavy atom. The van der Waals surface area contributed by atoms with E-state index in [1.54, 1.807) is 0 Å². The van der Waals surface area contributed by atoms with Crippen LogP contribution < -0.4 is 0 Å². The normalized spacial score (nSPS) is 26.1. The Hall–Kier alpha value is -1.30. The maximum atomic E-state index is 14.3. The van der Waals surface area contributed by atoms with E-state index < -0.39 is 23.9 Å².